The Labute approximate surface area is 127 Å². The molecule has 7 heteroatoms. The highest BCUT2D eigenvalue weighted by molar-refractivity contribution is 7.91. The maximum atomic E-state index is 12.4. The van der Waals surface area contributed by atoms with E-state index in [1.807, 2.05) is 6.07 Å². The van der Waals surface area contributed by atoms with E-state index in [9.17, 15) is 8.42 Å². The zero-order valence-corrected chi connectivity index (χ0v) is 13.1. The summed E-state index contributed by atoms with van der Waals surface area (Å²) in [6, 6.07) is 7.13. The average Bonchev–Trinajstić information content (AvgIpc) is 2.83. The molecule has 1 saturated heterocycles. The number of rotatable bonds is 3. The van der Waals surface area contributed by atoms with Crippen molar-refractivity contribution < 1.29 is 8.42 Å². The maximum absolute atomic E-state index is 12.4. The minimum atomic E-state index is -3.44. The molecule has 0 aliphatic carbocycles. The van der Waals surface area contributed by atoms with E-state index in [0.717, 1.165) is 36.0 Å². The molecular formula is C13H15ClN2O2S2. The van der Waals surface area contributed by atoms with Crippen LogP contribution in [0.2, 0.25) is 5.02 Å². The second kappa shape index (κ2) is 5.61. The van der Waals surface area contributed by atoms with E-state index in [1.165, 1.54) is 11.3 Å². The van der Waals surface area contributed by atoms with Crippen molar-refractivity contribution >= 4 is 43.0 Å². The summed E-state index contributed by atoms with van der Waals surface area (Å²) in [5.74, 6) is 0. The van der Waals surface area contributed by atoms with Gasteiger partial charge in [0, 0.05) is 15.8 Å². The Hall–Kier alpha value is -0.660. The predicted octanol–water partition coefficient (Wildman–Crippen LogP) is 2.59. The Morgan fingerprint density at radius 3 is 2.75 bits per heavy atom. The van der Waals surface area contributed by atoms with Crippen molar-refractivity contribution in [3.63, 3.8) is 0 Å². The third-order valence-electron chi connectivity index (χ3n) is 3.38. The lowest BCUT2D eigenvalue weighted by Gasteiger charge is -2.23. The van der Waals surface area contributed by atoms with Crippen molar-refractivity contribution in [3.8, 4) is 0 Å². The zero-order chi connectivity index (χ0) is 14.2. The molecule has 2 N–H and O–H groups in total. The Balaban J connectivity index is 1.88. The number of sulfonamides is 1. The number of hydrogen-bond donors (Lipinski definition) is 2. The van der Waals surface area contributed by atoms with Gasteiger partial charge in [-0.3, -0.25) is 0 Å². The molecule has 0 radical (unpaired) electrons. The lowest BCUT2D eigenvalue weighted by atomic mass is 10.1. The van der Waals surface area contributed by atoms with Crippen LogP contribution in [0.5, 0.6) is 0 Å². The molecule has 1 aromatic carbocycles. The molecule has 0 amide bonds. The number of halogens is 1. The Bertz CT molecular complexity index is 721. The molecule has 2 heterocycles. The number of thiophene rings is 1. The van der Waals surface area contributed by atoms with Gasteiger partial charge in [0.2, 0.25) is 10.0 Å². The number of hydrogen-bond acceptors (Lipinski definition) is 4. The second-order valence-corrected chi connectivity index (χ2v) is 8.35. The molecule has 0 unspecified atom stereocenters. The van der Waals surface area contributed by atoms with Gasteiger partial charge in [-0.2, -0.15) is 0 Å². The van der Waals surface area contributed by atoms with E-state index in [-0.39, 0.29) is 6.04 Å². The fraction of sp³-hybridized carbons (Fsp3) is 0.385. The van der Waals surface area contributed by atoms with Gasteiger partial charge in [-0.15, -0.1) is 11.3 Å². The third-order valence-corrected chi connectivity index (χ3v) is 6.73. The Kier molecular flexibility index (Phi) is 4.01. The fourth-order valence-electron chi connectivity index (χ4n) is 2.34. The van der Waals surface area contributed by atoms with E-state index in [1.54, 1.807) is 18.2 Å². The lowest BCUT2D eigenvalue weighted by molar-refractivity contribution is 0.427. The third kappa shape index (κ3) is 2.99. The van der Waals surface area contributed by atoms with Crippen molar-refractivity contribution in [2.24, 2.45) is 0 Å². The van der Waals surface area contributed by atoms with E-state index in [0.29, 0.717) is 9.23 Å². The van der Waals surface area contributed by atoms with Crippen LogP contribution in [0.4, 0.5) is 0 Å². The second-order valence-electron chi connectivity index (χ2n) is 4.89. The molecule has 0 atom stereocenters. The molecule has 2 aromatic rings. The molecule has 1 fully saturated rings. The molecule has 0 saturated carbocycles. The number of benzene rings is 1. The normalized spacial score (nSPS) is 17.6. The van der Waals surface area contributed by atoms with Crippen molar-refractivity contribution in [3.05, 3.63) is 29.3 Å². The summed E-state index contributed by atoms with van der Waals surface area (Å²) in [7, 11) is -3.44. The summed E-state index contributed by atoms with van der Waals surface area (Å²) in [5, 5.41) is 4.71. The molecule has 1 aliphatic rings. The molecule has 1 aliphatic heterocycles. The van der Waals surface area contributed by atoms with Crippen LogP contribution in [0.25, 0.3) is 10.1 Å². The van der Waals surface area contributed by atoms with E-state index >= 15 is 0 Å². The Morgan fingerprint density at radius 1 is 1.25 bits per heavy atom. The van der Waals surface area contributed by atoms with Crippen LogP contribution in [0.1, 0.15) is 12.8 Å². The van der Waals surface area contributed by atoms with Crippen LogP contribution < -0.4 is 10.0 Å². The molecule has 108 valence electrons. The minimum Gasteiger partial charge on any atom is -0.317 e. The molecule has 20 heavy (non-hydrogen) atoms. The Morgan fingerprint density at radius 2 is 2.00 bits per heavy atom. The first-order valence-electron chi connectivity index (χ1n) is 6.47. The van der Waals surface area contributed by atoms with Gasteiger partial charge < -0.3 is 5.32 Å². The SMILES string of the molecule is O=S(=O)(NC1CCNCC1)c1cc2cc(Cl)ccc2s1. The summed E-state index contributed by atoms with van der Waals surface area (Å²) in [5.41, 5.74) is 0. The summed E-state index contributed by atoms with van der Waals surface area (Å²) < 4.78 is 28.9. The van der Waals surface area contributed by atoms with Gasteiger partial charge in [0.05, 0.1) is 0 Å². The van der Waals surface area contributed by atoms with Crippen LogP contribution in [-0.2, 0) is 10.0 Å². The summed E-state index contributed by atoms with van der Waals surface area (Å²) in [4.78, 5) is 0. The topological polar surface area (TPSA) is 58.2 Å². The van der Waals surface area contributed by atoms with Gasteiger partial charge in [0.1, 0.15) is 4.21 Å². The van der Waals surface area contributed by atoms with E-state index in [4.69, 9.17) is 11.6 Å². The van der Waals surface area contributed by atoms with Crippen LogP contribution in [0.3, 0.4) is 0 Å². The molecule has 0 bridgehead atoms. The first-order chi connectivity index (χ1) is 9.54. The molecule has 4 nitrogen and oxygen atoms in total. The van der Waals surface area contributed by atoms with Gasteiger partial charge in [-0.25, -0.2) is 13.1 Å². The van der Waals surface area contributed by atoms with Crippen LogP contribution in [-0.4, -0.2) is 27.5 Å². The summed E-state index contributed by atoms with van der Waals surface area (Å²) in [6.45, 7) is 1.71. The van der Waals surface area contributed by atoms with Crippen molar-refractivity contribution in [1.82, 2.24) is 10.0 Å². The number of piperidine rings is 1. The molecular weight excluding hydrogens is 316 g/mol. The van der Waals surface area contributed by atoms with Gasteiger partial charge in [-0.05, 0) is 55.6 Å². The first-order valence-corrected chi connectivity index (χ1v) is 9.14. The van der Waals surface area contributed by atoms with Gasteiger partial charge in [-0.1, -0.05) is 11.6 Å². The summed E-state index contributed by atoms with van der Waals surface area (Å²) >= 11 is 7.21. The van der Waals surface area contributed by atoms with Crippen molar-refractivity contribution in [2.45, 2.75) is 23.1 Å². The van der Waals surface area contributed by atoms with Gasteiger partial charge >= 0.3 is 0 Å². The quantitative estimate of drug-likeness (QED) is 0.909. The smallest absolute Gasteiger partial charge is 0.250 e. The largest absolute Gasteiger partial charge is 0.317 e. The first kappa shape index (κ1) is 14.3. The highest BCUT2D eigenvalue weighted by Gasteiger charge is 2.23. The monoisotopic (exact) mass is 330 g/mol. The standard InChI is InChI=1S/C13H15ClN2O2S2/c14-10-1-2-12-9(7-10)8-13(19-12)20(17,18)16-11-3-5-15-6-4-11/h1-2,7-8,11,15-16H,3-6H2. The molecule has 3 rings (SSSR count). The maximum Gasteiger partial charge on any atom is 0.250 e. The molecule has 1 aromatic heterocycles. The van der Waals surface area contributed by atoms with Crippen LogP contribution in [0, 0.1) is 0 Å². The fourth-order valence-corrected chi connectivity index (χ4v) is 5.22. The van der Waals surface area contributed by atoms with Crippen molar-refractivity contribution in [1.29, 1.82) is 0 Å². The molecule has 0 spiro atoms. The number of fused-ring (bicyclic) bond motifs is 1. The van der Waals surface area contributed by atoms with Gasteiger partial charge in [0.25, 0.3) is 0 Å². The average molecular weight is 331 g/mol. The van der Waals surface area contributed by atoms with E-state index in [2.05, 4.69) is 10.0 Å². The van der Waals surface area contributed by atoms with Crippen LogP contribution >= 0.6 is 22.9 Å². The number of nitrogens with one attached hydrogen (secondary N) is 2. The highest BCUT2D eigenvalue weighted by Crippen LogP contribution is 2.31. The van der Waals surface area contributed by atoms with Crippen molar-refractivity contribution in [2.75, 3.05) is 13.1 Å². The van der Waals surface area contributed by atoms with E-state index < -0.39 is 10.0 Å². The van der Waals surface area contributed by atoms with Crippen LogP contribution in [0.15, 0.2) is 28.5 Å². The summed E-state index contributed by atoms with van der Waals surface area (Å²) in [6.07, 6.45) is 1.66. The highest BCUT2D eigenvalue weighted by atomic mass is 35.5. The lowest BCUT2D eigenvalue weighted by Crippen LogP contribution is -2.42. The minimum absolute atomic E-state index is 0.0232. The van der Waals surface area contributed by atoms with Gasteiger partial charge in [0.15, 0.2) is 0 Å². The zero-order valence-electron chi connectivity index (χ0n) is 10.7. The predicted molar refractivity (Wildman–Crippen MR) is 83.0 cm³/mol.